The average molecular weight is 425 g/mol. The Morgan fingerprint density at radius 2 is 2.00 bits per heavy atom. The molecule has 1 aliphatic rings. The summed E-state index contributed by atoms with van der Waals surface area (Å²) in [5.41, 5.74) is 1.14. The molecule has 3 aromatic rings. The van der Waals surface area contributed by atoms with Crippen molar-refractivity contribution in [3.63, 3.8) is 0 Å². The van der Waals surface area contributed by atoms with E-state index in [-0.39, 0.29) is 0 Å². The van der Waals surface area contributed by atoms with Crippen molar-refractivity contribution in [2.75, 3.05) is 13.1 Å². The molecule has 5 nitrogen and oxygen atoms in total. The van der Waals surface area contributed by atoms with Crippen molar-refractivity contribution in [1.29, 1.82) is 0 Å². The maximum absolute atomic E-state index is 4.73. The van der Waals surface area contributed by atoms with Gasteiger partial charge in [-0.05, 0) is 60.7 Å². The summed E-state index contributed by atoms with van der Waals surface area (Å²) in [6, 6.07) is 8.40. The molecule has 0 spiro atoms. The molecule has 0 unspecified atom stereocenters. The van der Waals surface area contributed by atoms with Gasteiger partial charge in [-0.15, -0.1) is 10.2 Å². The van der Waals surface area contributed by atoms with Crippen molar-refractivity contribution in [2.24, 2.45) is 0 Å². The van der Waals surface area contributed by atoms with Crippen molar-refractivity contribution in [1.82, 2.24) is 24.7 Å². The van der Waals surface area contributed by atoms with Gasteiger partial charge in [-0.1, -0.05) is 29.9 Å². The topological polar surface area (TPSA) is 46.3 Å². The lowest BCUT2D eigenvalue weighted by Crippen LogP contribution is -2.30. The van der Waals surface area contributed by atoms with Crippen LogP contribution >= 0.6 is 33.9 Å². The highest BCUT2D eigenvalue weighted by atomic mass is 127. The number of benzene rings is 1. The van der Waals surface area contributed by atoms with Gasteiger partial charge in [0.1, 0.15) is 5.01 Å². The fraction of sp³-hybridized carbons (Fsp3) is 0.400. The van der Waals surface area contributed by atoms with E-state index in [1.54, 1.807) is 11.3 Å². The van der Waals surface area contributed by atoms with Crippen LogP contribution in [-0.2, 0) is 6.54 Å². The number of hydrogen-bond donors (Lipinski definition) is 0. The molecule has 114 valence electrons. The Kier molecular flexibility index (Phi) is 4.10. The number of nitrogens with zero attached hydrogens (tertiary/aromatic N) is 5. The van der Waals surface area contributed by atoms with E-state index in [0.29, 0.717) is 0 Å². The van der Waals surface area contributed by atoms with E-state index in [4.69, 9.17) is 5.10 Å². The van der Waals surface area contributed by atoms with E-state index in [9.17, 15) is 0 Å². The minimum Gasteiger partial charge on any atom is -0.296 e. The summed E-state index contributed by atoms with van der Waals surface area (Å²) in [7, 11) is 0. The van der Waals surface area contributed by atoms with Gasteiger partial charge in [0.15, 0.2) is 5.82 Å². The fourth-order valence-corrected chi connectivity index (χ4v) is 4.21. The molecule has 0 saturated carbocycles. The zero-order chi connectivity index (χ0) is 14.9. The number of fused-ring (bicyclic) bond motifs is 1. The molecule has 1 aromatic carbocycles. The molecule has 0 N–H and O–H groups in total. The predicted molar refractivity (Wildman–Crippen MR) is 95.9 cm³/mol. The van der Waals surface area contributed by atoms with E-state index in [2.05, 4.69) is 62.0 Å². The SMILES string of the molecule is Ic1cccc(-c2nn3c(CN4CCCCC4)nnc3s2)c1. The number of piperidine rings is 1. The van der Waals surface area contributed by atoms with Crippen LogP contribution in [0.15, 0.2) is 24.3 Å². The molecule has 0 amide bonds. The largest absolute Gasteiger partial charge is 0.296 e. The van der Waals surface area contributed by atoms with E-state index in [1.165, 1.54) is 22.8 Å². The van der Waals surface area contributed by atoms with Gasteiger partial charge in [0.05, 0.1) is 6.54 Å². The lowest BCUT2D eigenvalue weighted by molar-refractivity contribution is 0.214. The number of rotatable bonds is 3. The summed E-state index contributed by atoms with van der Waals surface area (Å²) in [6.45, 7) is 3.15. The number of aromatic nitrogens is 4. The second-order valence-corrected chi connectivity index (χ2v) is 7.77. The van der Waals surface area contributed by atoms with Crippen LogP contribution in [0.2, 0.25) is 0 Å². The van der Waals surface area contributed by atoms with Crippen LogP contribution in [0.25, 0.3) is 15.5 Å². The molecule has 2 aromatic heterocycles. The zero-order valence-corrected chi connectivity index (χ0v) is 15.0. The van der Waals surface area contributed by atoms with Crippen LogP contribution in [0.3, 0.4) is 0 Å². The van der Waals surface area contributed by atoms with Gasteiger partial charge in [-0.25, -0.2) is 0 Å². The molecule has 0 atom stereocenters. The Hall–Kier alpha value is -1.06. The molecule has 0 radical (unpaired) electrons. The molecule has 1 aliphatic heterocycles. The van der Waals surface area contributed by atoms with Crippen molar-refractivity contribution in [2.45, 2.75) is 25.8 Å². The molecule has 1 fully saturated rings. The van der Waals surface area contributed by atoms with Gasteiger partial charge in [-0.3, -0.25) is 4.90 Å². The van der Waals surface area contributed by atoms with Crippen molar-refractivity contribution < 1.29 is 0 Å². The van der Waals surface area contributed by atoms with E-state index < -0.39 is 0 Å². The standard InChI is InChI=1S/C15H16IN5S/c16-12-6-4-5-11(9-12)14-19-21-13(17-18-15(21)22-14)10-20-7-2-1-3-8-20/h4-6,9H,1-3,7-8,10H2. The molecule has 3 heterocycles. The van der Waals surface area contributed by atoms with Crippen LogP contribution in [0, 0.1) is 3.57 Å². The second-order valence-electron chi connectivity index (χ2n) is 5.56. The third kappa shape index (κ3) is 2.89. The monoisotopic (exact) mass is 425 g/mol. The lowest BCUT2D eigenvalue weighted by atomic mass is 10.1. The van der Waals surface area contributed by atoms with Crippen LogP contribution in [0.4, 0.5) is 0 Å². The molecule has 22 heavy (non-hydrogen) atoms. The summed E-state index contributed by atoms with van der Waals surface area (Å²) < 4.78 is 3.13. The van der Waals surface area contributed by atoms with E-state index >= 15 is 0 Å². The summed E-state index contributed by atoms with van der Waals surface area (Å²) in [4.78, 5) is 3.32. The molecule has 4 rings (SSSR count). The Balaban J connectivity index is 1.64. The van der Waals surface area contributed by atoms with Crippen molar-refractivity contribution in [3.05, 3.63) is 33.7 Å². The zero-order valence-electron chi connectivity index (χ0n) is 12.1. The van der Waals surface area contributed by atoms with Crippen LogP contribution in [-0.4, -0.2) is 37.8 Å². The highest BCUT2D eigenvalue weighted by molar-refractivity contribution is 14.1. The van der Waals surface area contributed by atoms with Gasteiger partial charge in [0.2, 0.25) is 4.96 Å². The maximum atomic E-state index is 4.73. The summed E-state index contributed by atoms with van der Waals surface area (Å²) in [6.07, 6.45) is 3.92. The summed E-state index contributed by atoms with van der Waals surface area (Å²) >= 11 is 3.93. The quantitative estimate of drug-likeness (QED) is 0.604. The second kappa shape index (κ2) is 6.21. The third-order valence-corrected chi connectivity index (χ3v) is 5.56. The molecule has 7 heteroatoms. The molecule has 0 bridgehead atoms. The van der Waals surface area contributed by atoms with E-state index in [0.717, 1.165) is 41.0 Å². The van der Waals surface area contributed by atoms with Crippen molar-refractivity contribution >= 4 is 38.9 Å². The highest BCUT2D eigenvalue weighted by Gasteiger charge is 2.17. The van der Waals surface area contributed by atoms with Gasteiger partial charge >= 0.3 is 0 Å². The summed E-state index contributed by atoms with van der Waals surface area (Å²) in [5.74, 6) is 0.949. The van der Waals surface area contributed by atoms with Gasteiger partial charge in [0, 0.05) is 9.13 Å². The molecule has 1 saturated heterocycles. The van der Waals surface area contributed by atoms with Crippen LogP contribution < -0.4 is 0 Å². The molecule has 0 aliphatic carbocycles. The number of halogens is 1. The number of likely N-dealkylation sites (tertiary alicyclic amines) is 1. The Morgan fingerprint density at radius 3 is 2.82 bits per heavy atom. The van der Waals surface area contributed by atoms with Crippen molar-refractivity contribution in [3.8, 4) is 10.6 Å². The Labute approximate surface area is 146 Å². The molecular weight excluding hydrogens is 409 g/mol. The van der Waals surface area contributed by atoms with Gasteiger partial charge in [-0.2, -0.15) is 9.61 Å². The average Bonchev–Trinajstić information content (AvgIpc) is 3.11. The first kappa shape index (κ1) is 14.5. The summed E-state index contributed by atoms with van der Waals surface area (Å²) in [5, 5.41) is 14.3. The third-order valence-electron chi connectivity index (χ3n) is 3.94. The number of hydrogen-bond acceptors (Lipinski definition) is 5. The highest BCUT2D eigenvalue weighted by Crippen LogP contribution is 2.26. The fourth-order valence-electron chi connectivity index (χ4n) is 2.81. The van der Waals surface area contributed by atoms with Crippen LogP contribution in [0.5, 0.6) is 0 Å². The maximum Gasteiger partial charge on any atom is 0.235 e. The van der Waals surface area contributed by atoms with Crippen LogP contribution in [0.1, 0.15) is 25.1 Å². The van der Waals surface area contributed by atoms with Gasteiger partial charge < -0.3 is 0 Å². The minimum absolute atomic E-state index is 0.844. The first-order chi connectivity index (χ1) is 10.8. The molecular formula is C15H16IN5S. The predicted octanol–water partition coefficient (Wildman–Crippen LogP) is 3.44. The first-order valence-corrected chi connectivity index (χ1v) is 9.38. The lowest BCUT2D eigenvalue weighted by Gasteiger charge is -2.25. The minimum atomic E-state index is 0.844. The first-order valence-electron chi connectivity index (χ1n) is 7.49. The normalized spacial score (nSPS) is 16.4. The Bertz CT molecular complexity index is 790. The Morgan fingerprint density at radius 1 is 1.14 bits per heavy atom. The van der Waals surface area contributed by atoms with Gasteiger partial charge in [0.25, 0.3) is 0 Å². The smallest absolute Gasteiger partial charge is 0.235 e. The van der Waals surface area contributed by atoms with E-state index in [1.807, 2.05) is 4.52 Å².